The van der Waals surface area contributed by atoms with Crippen molar-refractivity contribution in [1.82, 2.24) is 0 Å². The fourth-order valence-corrected chi connectivity index (χ4v) is 2.87. The normalized spacial score (nSPS) is 11.4. The minimum Gasteiger partial charge on any atom is -0.490 e. The van der Waals surface area contributed by atoms with E-state index in [1.54, 1.807) is 0 Å². The van der Waals surface area contributed by atoms with Crippen LogP contribution in [0.4, 0.5) is 5.69 Å². The third-order valence-electron chi connectivity index (χ3n) is 4.42. The molecule has 0 aliphatic carbocycles. The van der Waals surface area contributed by atoms with Crippen molar-refractivity contribution in [2.75, 3.05) is 18.5 Å². The van der Waals surface area contributed by atoms with Crippen LogP contribution in [0.15, 0.2) is 78.9 Å². The highest BCUT2D eigenvalue weighted by Crippen LogP contribution is 2.19. The number of benzene rings is 3. The number of hydrogen-bond donors (Lipinski definition) is 1. The van der Waals surface area contributed by atoms with Crippen LogP contribution in [0.25, 0.3) is 0 Å². The quantitative estimate of drug-likeness (QED) is 0.468. The summed E-state index contributed by atoms with van der Waals surface area (Å²) in [6.45, 7) is 4.81. The SMILES string of the molecule is CC[C@@H](Oc1cccc(C)c1)C(=O)Nc1ccc(OCCOc2ccccc2)cc1. The Morgan fingerprint density at radius 1 is 0.833 bits per heavy atom. The van der Waals surface area contributed by atoms with E-state index in [2.05, 4.69) is 5.32 Å². The number of anilines is 1. The van der Waals surface area contributed by atoms with E-state index in [0.29, 0.717) is 36.8 Å². The van der Waals surface area contributed by atoms with Gasteiger partial charge < -0.3 is 19.5 Å². The number of carbonyl (C=O) groups excluding carboxylic acids is 1. The predicted molar refractivity (Wildman–Crippen MR) is 118 cm³/mol. The lowest BCUT2D eigenvalue weighted by atomic mass is 10.2. The van der Waals surface area contributed by atoms with Gasteiger partial charge in [0.25, 0.3) is 5.91 Å². The molecule has 0 bridgehead atoms. The maximum Gasteiger partial charge on any atom is 0.265 e. The van der Waals surface area contributed by atoms with Gasteiger partial charge in [0.15, 0.2) is 6.10 Å². The van der Waals surface area contributed by atoms with Crippen molar-refractivity contribution >= 4 is 11.6 Å². The van der Waals surface area contributed by atoms with E-state index in [1.165, 1.54) is 0 Å². The van der Waals surface area contributed by atoms with Crippen molar-refractivity contribution in [1.29, 1.82) is 0 Å². The van der Waals surface area contributed by atoms with E-state index >= 15 is 0 Å². The van der Waals surface area contributed by atoms with Crippen LogP contribution in [0.3, 0.4) is 0 Å². The lowest BCUT2D eigenvalue weighted by molar-refractivity contribution is -0.122. The van der Waals surface area contributed by atoms with E-state index in [-0.39, 0.29) is 5.91 Å². The summed E-state index contributed by atoms with van der Waals surface area (Å²) in [5.74, 6) is 2.05. The van der Waals surface area contributed by atoms with Gasteiger partial charge in [0.2, 0.25) is 0 Å². The highest BCUT2D eigenvalue weighted by molar-refractivity contribution is 5.94. The largest absolute Gasteiger partial charge is 0.490 e. The smallest absolute Gasteiger partial charge is 0.265 e. The summed E-state index contributed by atoms with van der Waals surface area (Å²) in [4.78, 5) is 12.6. The molecular weight excluding hydrogens is 378 g/mol. The minimum atomic E-state index is -0.558. The number of nitrogens with one attached hydrogen (secondary N) is 1. The Labute approximate surface area is 177 Å². The van der Waals surface area contributed by atoms with E-state index in [4.69, 9.17) is 14.2 Å². The van der Waals surface area contributed by atoms with Gasteiger partial charge in [-0.25, -0.2) is 0 Å². The number of ether oxygens (including phenoxy) is 3. The molecule has 0 radical (unpaired) electrons. The first-order chi connectivity index (χ1) is 14.6. The molecule has 0 aromatic heterocycles. The minimum absolute atomic E-state index is 0.177. The maximum atomic E-state index is 12.6. The highest BCUT2D eigenvalue weighted by Gasteiger charge is 2.18. The molecule has 0 heterocycles. The van der Waals surface area contributed by atoms with Crippen molar-refractivity contribution in [3.05, 3.63) is 84.4 Å². The number of rotatable bonds is 10. The van der Waals surface area contributed by atoms with Crippen LogP contribution in [-0.4, -0.2) is 25.2 Å². The number of amides is 1. The standard InChI is InChI=1S/C25H27NO4/c1-3-24(30-23-11-7-8-19(2)18-23)25(27)26-20-12-14-22(15-13-20)29-17-16-28-21-9-5-4-6-10-21/h4-15,18,24H,3,16-17H2,1-2H3,(H,26,27)/t24-/m1/s1. The van der Waals surface area contributed by atoms with E-state index in [0.717, 1.165) is 11.3 Å². The summed E-state index contributed by atoms with van der Waals surface area (Å²) in [5, 5.41) is 2.90. The number of hydrogen-bond acceptors (Lipinski definition) is 4. The zero-order valence-corrected chi connectivity index (χ0v) is 17.3. The van der Waals surface area contributed by atoms with Gasteiger partial charge in [0.1, 0.15) is 30.5 Å². The zero-order valence-electron chi connectivity index (χ0n) is 17.3. The fourth-order valence-electron chi connectivity index (χ4n) is 2.87. The Morgan fingerprint density at radius 3 is 2.10 bits per heavy atom. The molecule has 0 aliphatic heterocycles. The van der Waals surface area contributed by atoms with Gasteiger partial charge in [-0.2, -0.15) is 0 Å². The number of aryl methyl sites for hydroxylation is 1. The number of para-hydroxylation sites is 1. The molecule has 1 N–H and O–H groups in total. The number of carbonyl (C=O) groups is 1. The van der Waals surface area contributed by atoms with E-state index in [9.17, 15) is 4.79 Å². The Morgan fingerprint density at radius 2 is 1.47 bits per heavy atom. The van der Waals surface area contributed by atoms with Crippen molar-refractivity contribution in [2.45, 2.75) is 26.4 Å². The molecular formula is C25H27NO4. The van der Waals surface area contributed by atoms with Crippen LogP contribution in [0.1, 0.15) is 18.9 Å². The second kappa shape index (κ2) is 10.9. The highest BCUT2D eigenvalue weighted by atomic mass is 16.5. The molecule has 1 amide bonds. The Hall–Kier alpha value is -3.47. The average Bonchev–Trinajstić information content (AvgIpc) is 2.77. The fraction of sp³-hybridized carbons (Fsp3) is 0.240. The Kier molecular flexibility index (Phi) is 7.72. The van der Waals surface area contributed by atoms with Gasteiger partial charge in [0, 0.05) is 5.69 Å². The summed E-state index contributed by atoms with van der Waals surface area (Å²) in [6, 6.07) is 24.6. The summed E-state index contributed by atoms with van der Waals surface area (Å²) in [6.07, 6.45) is 0.0143. The molecule has 0 spiro atoms. The topological polar surface area (TPSA) is 56.8 Å². The van der Waals surface area contributed by atoms with Crippen molar-refractivity contribution in [3.8, 4) is 17.2 Å². The molecule has 0 aliphatic rings. The summed E-state index contributed by atoms with van der Waals surface area (Å²) < 4.78 is 17.1. The molecule has 5 nitrogen and oxygen atoms in total. The van der Waals surface area contributed by atoms with Gasteiger partial charge in [-0.05, 0) is 67.4 Å². The van der Waals surface area contributed by atoms with Gasteiger partial charge in [-0.1, -0.05) is 37.3 Å². The van der Waals surface area contributed by atoms with Gasteiger partial charge in [-0.3, -0.25) is 4.79 Å². The molecule has 0 fully saturated rings. The lowest BCUT2D eigenvalue weighted by Crippen LogP contribution is -2.32. The Bertz CT molecular complexity index is 925. The first kappa shape index (κ1) is 21.2. The molecule has 0 saturated carbocycles. The van der Waals surface area contributed by atoms with Gasteiger partial charge >= 0.3 is 0 Å². The molecule has 0 unspecified atom stereocenters. The van der Waals surface area contributed by atoms with Crippen LogP contribution in [0.2, 0.25) is 0 Å². The van der Waals surface area contributed by atoms with Crippen LogP contribution in [-0.2, 0) is 4.79 Å². The zero-order chi connectivity index (χ0) is 21.2. The molecule has 3 aromatic rings. The molecule has 156 valence electrons. The summed E-state index contributed by atoms with van der Waals surface area (Å²) in [7, 11) is 0. The van der Waals surface area contributed by atoms with E-state index < -0.39 is 6.10 Å². The van der Waals surface area contributed by atoms with Crippen LogP contribution in [0.5, 0.6) is 17.2 Å². The van der Waals surface area contributed by atoms with Gasteiger partial charge in [-0.15, -0.1) is 0 Å². The van der Waals surface area contributed by atoms with E-state index in [1.807, 2.05) is 92.7 Å². The van der Waals surface area contributed by atoms with Crippen LogP contribution in [0, 0.1) is 6.92 Å². The first-order valence-electron chi connectivity index (χ1n) is 10.1. The predicted octanol–water partition coefficient (Wildman–Crippen LogP) is 5.25. The third-order valence-corrected chi connectivity index (χ3v) is 4.42. The molecule has 0 saturated heterocycles. The summed E-state index contributed by atoms with van der Waals surface area (Å²) in [5.41, 5.74) is 1.78. The van der Waals surface area contributed by atoms with Crippen molar-refractivity contribution in [2.24, 2.45) is 0 Å². The second-order valence-corrected chi connectivity index (χ2v) is 6.85. The molecule has 5 heteroatoms. The molecule has 3 aromatic carbocycles. The van der Waals surface area contributed by atoms with Crippen molar-refractivity contribution < 1.29 is 19.0 Å². The molecule has 3 rings (SSSR count). The lowest BCUT2D eigenvalue weighted by Gasteiger charge is -2.17. The van der Waals surface area contributed by atoms with Crippen LogP contribution < -0.4 is 19.5 Å². The monoisotopic (exact) mass is 405 g/mol. The molecule has 1 atom stereocenters. The molecule has 30 heavy (non-hydrogen) atoms. The Balaban J connectivity index is 1.46. The summed E-state index contributed by atoms with van der Waals surface area (Å²) >= 11 is 0. The third kappa shape index (κ3) is 6.55. The maximum absolute atomic E-state index is 12.6. The first-order valence-corrected chi connectivity index (χ1v) is 10.1. The van der Waals surface area contributed by atoms with Crippen molar-refractivity contribution in [3.63, 3.8) is 0 Å². The average molecular weight is 405 g/mol. The van der Waals surface area contributed by atoms with Crippen LogP contribution >= 0.6 is 0 Å². The second-order valence-electron chi connectivity index (χ2n) is 6.85. The van der Waals surface area contributed by atoms with Gasteiger partial charge in [0.05, 0.1) is 0 Å².